The monoisotopic (exact) mass is 431 g/mol. The third kappa shape index (κ3) is 4.83. The Hall–Kier alpha value is -4.01. The predicted molar refractivity (Wildman–Crippen MR) is 122 cm³/mol. The minimum absolute atomic E-state index is 0.0776. The Labute approximate surface area is 185 Å². The van der Waals surface area contributed by atoms with Gasteiger partial charge in [-0.15, -0.1) is 0 Å². The van der Waals surface area contributed by atoms with Crippen LogP contribution in [0.25, 0.3) is 11.0 Å². The molecular formula is C23H25N7O2. The molecule has 9 heteroatoms. The molecule has 0 atom stereocenters. The number of aryl methyl sites for hydroxylation is 2. The topological polar surface area (TPSA) is 118 Å². The van der Waals surface area contributed by atoms with Crippen molar-refractivity contribution in [3.8, 4) is 0 Å². The predicted octanol–water partition coefficient (Wildman–Crippen LogP) is 2.10. The second-order valence-electron chi connectivity index (χ2n) is 7.61. The summed E-state index contributed by atoms with van der Waals surface area (Å²) in [5.41, 5.74) is 5.06. The molecule has 164 valence electrons. The van der Waals surface area contributed by atoms with Crippen molar-refractivity contribution in [2.75, 3.05) is 11.9 Å². The van der Waals surface area contributed by atoms with Gasteiger partial charge in [0.1, 0.15) is 6.54 Å². The van der Waals surface area contributed by atoms with Gasteiger partial charge in [-0.2, -0.15) is 0 Å². The van der Waals surface area contributed by atoms with Crippen molar-refractivity contribution in [2.24, 2.45) is 0 Å². The lowest BCUT2D eigenvalue weighted by Crippen LogP contribution is -2.34. The summed E-state index contributed by atoms with van der Waals surface area (Å²) in [6.07, 6.45) is 5.63. The number of nitrogens with one attached hydrogen (secondary N) is 3. The van der Waals surface area contributed by atoms with Crippen molar-refractivity contribution in [3.05, 3.63) is 81.9 Å². The highest BCUT2D eigenvalue weighted by Crippen LogP contribution is 2.16. The summed E-state index contributed by atoms with van der Waals surface area (Å²) in [7, 11) is 0. The van der Waals surface area contributed by atoms with E-state index in [0.717, 1.165) is 27.9 Å². The first-order chi connectivity index (χ1) is 15.5. The lowest BCUT2D eigenvalue weighted by Gasteiger charge is -2.13. The van der Waals surface area contributed by atoms with Crippen molar-refractivity contribution >= 4 is 22.8 Å². The number of H-pyrrole nitrogens is 1. The normalized spacial score (nSPS) is 10.9. The summed E-state index contributed by atoms with van der Waals surface area (Å²) >= 11 is 0. The van der Waals surface area contributed by atoms with E-state index >= 15 is 0 Å². The molecule has 0 spiro atoms. The van der Waals surface area contributed by atoms with Crippen LogP contribution in [0.1, 0.15) is 22.5 Å². The van der Waals surface area contributed by atoms with E-state index in [1.807, 2.05) is 37.3 Å². The van der Waals surface area contributed by atoms with Gasteiger partial charge in [-0.3, -0.25) is 19.1 Å². The Morgan fingerprint density at radius 1 is 1.16 bits per heavy atom. The number of amides is 1. The van der Waals surface area contributed by atoms with Gasteiger partial charge in [-0.1, -0.05) is 6.07 Å². The number of aromatic nitrogens is 5. The maximum atomic E-state index is 12.8. The van der Waals surface area contributed by atoms with Crippen LogP contribution in [0, 0.1) is 13.8 Å². The van der Waals surface area contributed by atoms with Gasteiger partial charge < -0.3 is 15.6 Å². The zero-order valence-electron chi connectivity index (χ0n) is 18.1. The third-order valence-corrected chi connectivity index (χ3v) is 5.31. The Morgan fingerprint density at radius 2 is 2.03 bits per heavy atom. The molecule has 3 heterocycles. The average molecular weight is 432 g/mol. The fourth-order valence-electron chi connectivity index (χ4n) is 3.46. The number of pyridine rings is 1. The highest BCUT2D eigenvalue weighted by atomic mass is 16.2. The molecular weight excluding hydrogens is 406 g/mol. The van der Waals surface area contributed by atoms with Crippen LogP contribution < -0.4 is 16.2 Å². The van der Waals surface area contributed by atoms with E-state index in [0.29, 0.717) is 25.2 Å². The molecule has 0 fully saturated rings. The maximum Gasteiger partial charge on any atom is 0.293 e. The average Bonchev–Trinajstić information content (AvgIpc) is 3.24. The van der Waals surface area contributed by atoms with Gasteiger partial charge >= 0.3 is 0 Å². The van der Waals surface area contributed by atoms with Crippen LogP contribution >= 0.6 is 0 Å². The molecule has 0 saturated heterocycles. The molecule has 0 radical (unpaired) electrons. The first kappa shape index (κ1) is 21.2. The van der Waals surface area contributed by atoms with Crippen LogP contribution in [-0.2, 0) is 24.3 Å². The number of fused-ring (bicyclic) bond motifs is 1. The number of carbonyl (C=O) groups is 1. The molecule has 0 aliphatic rings. The Bertz CT molecular complexity index is 1290. The van der Waals surface area contributed by atoms with Crippen molar-refractivity contribution in [1.82, 2.24) is 29.8 Å². The lowest BCUT2D eigenvalue weighted by molar-refractivity contribution is -0.121. The lowest BCUT2D eigenvalue weighted by atomic mass is 10.1. The van der Waals surface area contributed by atoms with Crippen molar-refractivity contribution in [2.45, 2.75) is 33.4 Å². The molecule has 0 bridgehead atoms. The summed E-state index contributed by atoms with van der Waals surface area (Å²) in [5, 5.41) is 5.95. The zero-order chi connectivity index (χ0) is 22.5. The van der Waals surface area contributed by atoms with Crippen LogP contribution in [0.15, 0.2) is 53.8 Å². The van der Waals surface area contributed by atoms with Gasteiger partial charge in [-0.05, 0) is 49.2 Å². The second kappa shape index (κ2) is 9.42. The Kier molecular flexibility index (Phi) is 6.25. The minimum atomic E-state index is -0.324. The largest absolute Gasteiger partial charge is 0.365 e. The molecule has 3 aromatic heterocycles. The first-order valence-corrected chi connectivity index (χ1v) is 10.4. The summed E-state index contributed by atoms with van der Waals surface area (Å²) in [6, 6.07) is 9.67. The van der Waals surface area contributed by atoms with Crippen LogP contribution in [0.5, 0.6) is 0 Å². The highest BCUT2D eigenvalue weighted by Gasteiger charge is 2.12. The fraction of sp³-hybridized carbons (Fsp3) is 0.261. The smallest absolute Gasteiger partial charge is 0.293 e. The molecule has 1 aromatic carbocycles. The first-order valence-electron chi connectivity index (χ1n) is 10.4. The number of nitrogens with zero attached hydrogens (tertiary/aromatic N) is 4. The van der Waals surface area contributed by atoms with Crippen molar-refractivity contribution in [3.63, 3.8) is 0 Å². The molecule has 4 rings (SSSR count). The molecule has 3 N–H and O–H groups in total. The van der Waals surface area contributed by atoms with Gasteiger partial charge in [0, 0.05) is 43.3 Å². The second-order valence-corrected chi connectivity index (χ2v) is 7.61. The van der Waals surface area contributed by atoms with E-state index in [1.165, 1.54) is 4.57 Å². The van der Waals surface area contributed by atoms with Crippen LogP contribution in [0.3, 0.4) is 0 Å². The highest BCUT2D eigenvalue weighted by molar-refractivity contribution is 5.78. The molecule has 0 aliphatic carbocycles. The van der Waals surface area contributed by atoms with E-state index in [1.54, 1.807) is 25.6 Å². The summed E-state index contributed by atoms with van der Waals surface area (Å²) < 4.78 is 1.43. The molecule has 0 saturated carbocycles. The number of aromatic amines is 1. The molecule has 32 heavy (non-hydrogen) atoms. The third-order valence-electron chi connectivity index (χ3n) is 5.31. The number of rotatable bonds is 8. The number of benzene rings is 1. The van der Waals surface area contributed by atoms with Gasteiger partial charge in [0.25, 0.3) is 5.56 Å². The maximum absolute atomic E-state index is 12.8. The quantitative estimate of drug-likeness (QED) is 0.393. The molecule has 4 aromatic rings. The van der Waals surface area contributed by atoms with Crippen molar-refractivity contribution in [1.29, 1.82) is 0 Å². The molecule has 9 nitrogen and oxygen atoms in total. The van der Waals surface area contributed by atoms with Gasteiger partial charge in [0.2, 0.25) is 5.91 Å². The van der Waals surface area contributed by atoms with Gasteiger partial charge in [-0.25, -0.2) is 9.97 Å². The fourth-order valence-corrected chi connectivity index (χ4v) is 3.46. The van der Waals surface area contributed by atoms with Gasteiger partial charge in [0.15, 0.2) is 5.82 Å². The minimum Gasteiger partial charge on any atom is -0.365 e. The summed E-state index contributed by atoms with van der Waals surface area (Å²) in [6.45, 7) is 4.55. The van der Waals surface area contributed by atoms with Crippen LogP contribution in [0.2, 0.25) is 0 Å². The van der Waals surface area contributed by atoms with E-state index in [4.69, 9.17) is 0 Å². The Morgan fingerprint density at radius 3 is 2.84 bits per heavy atom. The number of anilines is 1. The number of carbonyl (C=O) groups excluding carboxylic acids is 1. The molecule has 1 amide bonds. The van der Waals surface area contributed by atoms with E-state index in [2.05, 4.69) is 30.6 Å². The number of imidazole rings is 1. The van der Waals surface area contributed by atoms with Gasteiger partial charge in [0.05, 0.1) is 17.4 Å². The summed E-state index contributed by atoms with van der Waals surface area (Å²) in [4.78, 5) is 41.2. The van der Waals surface area contributed by atoms with E-state index in [9.17, 15) is 9.59 Å². The number of hydrogen-bond donors (Lipinski definition) is 3. The SMILES string of the molecule is Cc1cc2[nH]cnc2cc1CNC(=O)Cn1c(C)cnc(NCCc2ccccn2)c1=O. The van der Waals surface area contributed by atoms with Crippen LogP contribution in [0.4, 0.5) is 5.82 Å². The Balaban J connectivity index is 1.39. The number of hydrogen-bond acceptors (Lipinski definition) is 6. The molecule has 0 unspecified atom stereocenters. The standard InChI is InChI=1S/C23H25N7O2/c1-15-9-19-20(29-14-28-19)10-17(15)12-26-21(31)13-30-16(2)11-27-22(23(30)32)25-8-6-18-5-3-4-7-24-18/h3-5,7,9-11,14H,6,8,12-13H2,1-2H3,(H,25,27)(H,26,31)(H,28,29). The molecule has 0 aliphatic heterocycles. The van der Waals surface area contributed by atoms with E-state index < -0.39 is 0 Å². The summed E-state index contributed by atoms with van der Waals surface area (Å²) in [5.74, 6) is -0.0264. The van der Waals surface area contributed by atoms with E-state index in [-0.39, 0.29) is 23.8 Å². The van der Waals surface area contributed by atoms with Crippen molar-refractivity contribution < 1.29 is 4.79 Å². The van der Waals surface area contributed by atoms with Crippen LogP contribution in [-0.4, -0.2) is 37.0 Å². The zero-order valence-corrected chi connectivity index (χ0v) is 18.1.